The van der Waals surface area contributed by atoms with Gasteiger partial charge in [0.15, 0.2) is 0 Å². The molecule has 1 aromatic rings. The van der Waals surface area contributed by atoms with Gasteiger partial charge in [0.1, 0.15) is 0 Å². The van der Waals surface area contributed by atoms with Gasteiger partial charge in [-0.1, -0.05) is 39.0 Å². The Morgan fingerprint density at radius 2 is 1.88 bits per heavy atom. The first kappa shape index (κ1) is 14.9. The lowest BCUT2D eigenvalue weighted by Crippen LogP contribution is -2.26. The van der Waals surface area contributed by atoms with Gasteiger partial charge in [-0.25, -0.2) is 4.21 Å². The molecule has 0 amide bonds. The van der Waals surface area contributed by atoms with E-state index in [1.54, 1.807) is 5.41 Å². The van der Waals surface area contributed by atoms with Crippen LogP contribution in [-0.2, 0) is 10.8 Å². The van der Waals surface area contributed by atoms with Gasteiger partial charge in [0, 0.05) is 13.9 Å². The Kier molecular flexibility index (Phi) is 5.34. The van der Waals surface area contributed by atoms with E-state index in [9.17, 15) is 9.32 Å². The van der Waals surface area contributed by atoms with Crippen molar-refractivity contribution < 1.29 is 9.32 Å². The van der Waals surface area contributed by atoms with E-state index in [1.807, 2.05) is 51.1 Å². The molecular weight excluding hydrogens is 347 g/mol. The quantitative estimate of drug-likeness (QED) is 0.834. The van der Waals surface area contributed by atoms with E-state index in [2.05, 4.69) is 22.6 Å². The summed E-state index contributed by atoms with van der Waals surface area (Å²) in [6, 6.07) is 9.24. The smallest absolute Gasteiger partial charge is 0.0900 e. The second-order valence-corrected chi connectivity index (χ2v) is 7.43. The van der Waals surface area contributed by atoms with Crippen LogP contribution in [0.5, 0.6) is 0 Å². The fourth-order valence-electron chi connectivity index (χ4n) is 1.20. The zero-order valence-corrected chi connectivity index (χ0v) is 13.2. The third kappa shape index (κ3) is 4.52. The van der Waals surface area contributed by atoms with Crippen LogP contribution >= 0.6 is 22.6 Å². The second-order valence-electron chi connectivity index (χ2n) is 4.88. The molecule has 2 nitrogen and oxygen atoms in total. The Hall–Kier alpha value is -0.200. The summed E-state index contributed by atoms with van der Waals surface area (Å²) in [7, 11) is -1.20. The molecule has 0 aromatic heterocycles. The first-order valence-corrected chi connectivity index (χ1v) is 7.62. The van der Waals surface area contributed by atoms with Gasteiger partial charge in [0.2, 0.25) is 0 Å². The van der Waals surface area contributed by atoms with Gasteiger partial charge < -0.3 is 5.11 Å². The molecule has 0 saturated heterocycles. The minimum absolute atomic E-state index is 0.242. The topological polar surface area (TPSA) is 37.3 Å². The molecule has 2 atom stereocenters. The summed E-state index contributed by atoms with van der Waals surface area (Å²) in [5.74, 6) is 0. The fourth-order valence-corrected chi connectivity index (χ4v) is 3.72. The number of benzene rings is 1. The van der Waals surface area contributed by atoms with E-state index in [4.69, 9.17) is 0 Å². The van der Waals surface area contributed by atoms with Gasteiger partial charge in [0.05, 0.1) is 16.9 Å². The van der Waals surface area contributed by atoms with Crippen molar-refractivity contribution >= 4 is 33.4 Å². The summed E-state index contributed by atoms with van der Waals surface area (Å²) < 4.78 is 12.7. The van der Waals surface area contributed by atoms with Crippen molar-refractivity contribution in [3.8, 4) is 0 Å². The highest BCUT2D eigenvalue weighted by atomic mass is 127. The third-order valence-corrected chi connectivity index (χ3v) is 4.81. The zero-order chi connectivity index (χ0) is 13.1. The molecule has 0 radical (unpaired) electrons. The minimum Gasteiger partial charge on any atom is -0.387 e. The molecule has 0 fully saturated rings. The summed E-state index contributed by atoms with van der Waals surface area (Å²) in [5, 5.41) is 11.7. The predicted molar refractivity (Wildman–Crippen MR) is 80.4 cm³/mol. The highest BCUT2D eigenvalue weighted by Crippen LogP contribution is 2.29. The number of hydrogen-bond donors (Lipinski definition) is 1. The van der Waals surface area contributed by atoms with Gasteiger partial charge >= 0.3 is 0 Å². The average molecular weight is 364 g/mol. The van der Waals surface area contributed by atoms with Crippen molar-refractivity contribution in [2.75, 3.05) is 0 Å². The van der Waals surface area contributed by atoms with E-state index in [-0.39, 0.29) is 5.41 Å². The Labute approximate surface area is 119 Å². The van der Waals surface area contributed by atoms with Gasteiger partial charge in [-0.15, -0.1) is 0 Å². The van der Waals surface area contributed by atoms with Crippen LogP contribution in [0.25, 0.3) is 0 Å². The SMILES string of the molecule is CC(C)(C)C(O)/C(I)=C\S(=O)c1ccccc1. The summed E-state index contributed by atoms with van der Waals surface area (Å²) in [4.78, 5) is 0.753. The molecule has 0 saturated carbocycles. The zero-order valence-electron chi connectivity index (χ0n) is 10.2. The lowest BCUT2D eigenvalue weighted by atomic mass is 9.89. The van der Waals surface area contributed by atoms with Crippen LogP contribution in [0.2, 0.25) is 0 Å². The summed E-state index contributed by atoms with van der Waals surface area (Å²) in [6.45, 7) is 5.86. The van der Waals surface area contributed by atoms with Crippen LogP contribution in [-0.4, -0.2) is 15.4 Å². The number of aliphatic hydroxyl groups is 1. The number of rotatable bonds is 3. The van der Waals surface area contributed by atoms with Gasteiger partial charge in [-0.05, 0) is 40.1 Å². The minimum atomic E-state index is -1.20. The van der Waals surface area contributed by atoms with Gasteiger partial charge in [-0.2, -0.15) is 0 Å². The van der Waals surface area contributed by atoms with Crippen LogP contribution < -0.4 is 0 Å². The molecule has 17 heavy (non-hydrogen) atoms. The normalized spacial score (nSPS) is 16.6. The van der Waals surface area contributed by atoms with Crippen LogP contribution in [0.15, 0.2) is 44.2 Å². The van der Waals surface area contributed by atoms with Gasteiger partial charge in [-0.3, -0.25) is 0 Å². The van der Waals surface area contributed by atoms with Crippen molar-refractivity contribution in [2.45, 2.75) is 31.8 Å². The monoisotopic (exact) mass is 364 g/mol. The molecule has 2 unspecified atom stereocenters. The number of hydrogen-bond acceptors (Lipinski definition) is 2. The molecule has 0 heterocycles. The van der Waals surface area contributed by atoms with Crippen molar-refractivity contribution in [3.63, 3.8) is 0 Å². The molecule has 1 rings (SSSR count). The summed E-state index contributed by atoms with van der Waals surface area (Å²) in [6.07, 6.45) is -0.587. The van der Waals surface area contributed by atoms with Crippen LogP contribution in [0.4, 0.5) is 0 Å². The molecular formula is C13H17IO2S. The summed E-state index contributed by atoms with van der Waals surface area (Å²) in [5.41, 5.74) is -0.242. The third-order valence-electron chi connectivity index (χ3n) is 2.28. The first-order chi connectivity index (χ1) is 7.82. The maximum Gasteiger partial charge on any atom is 0.0900 e. The molecule has 94 valence electrons. The molecule has 0 aliphatic carbocycles. The number of aliphatic hydroxyl groups excluding tert-OH is 1. The molecule has 4 heteroatoms. The van der Waals surface area contributed by atoms with Crippen LogP contribution in [0.3, 0.4) is 0 Å². The maximum atomic E-state index is 12.0. The number of halogens is 1. The lowest BCUT2D eigenvalue weighted by Gasteiger charge is -2.25. The van der Waals surface area contributed by atoms with Crippen LogP contribution in [0.1, 0.15) is 20.8 Å². The standard InChI is InChI=1S/C13H17IO2S/c1-13(2,3)12(15)11(14)9-17(16)10-7-5-4-6-8-10/h4-9,12,15H,1-3H3/b11-9+. The highest BCUT2D eigenvalue weighted by molar-refractivity contribution is 14.1. The van der Waals surface area contributed by atoms with Gasteiger partial charge in [0.25, 0.3) is 0 Å². The average Bonchev–Trinajstić information content (AvgIpc) is 2.27. The van der Waals surface area contributed by atoms with E-state index in [1.165, 1.54) is 0 Å². The summed E-state index contributed by atoms with van der Waals surface area (Å²) >= 11 is 2.05. The largest absolute Gasteiger partial charge is 0.387 e. The first-order valence-electron chi connectivity index (χ1n) is 5.33. The molecule has 0 aliphatic rings. The molecule has 0 spiro atoms. The lowest BCUT2D eigenvalue weighted by molar-refractivity contribution is 0.104. The Morgan fingerprint density at radius 3 is 2.35 bits per heavy atom. The maximum absolute atomic E-state index is 12.0. The Balaban J connectivity index is 2.87. The van der Waals surface area contributed by atoms with E-state index >= 15 is 0 Å². The van der Waals surface area contributed by atoms with Crippen molar-refractivity contribution in [1.29, 1.82) is 0 Å². The Bertz CT molecular complexity index is 421. The molecule has 0 aliphatic heterocycles. The van der Waals surface area contributed by atoms with Crippen LogP contribution in [0, 0.1) is 5.41 Å². The predicted octanol–water partition coefficient (Wildman–Crippen LogP) is 3.48. The highest BCUT2D eigenvalue weighted by Gasteiger charge is 2.24. The second kappa shape index (κ2) is 6.11. The molecule has 1 aromatic carbocycles. The molecule has 0 bridgehead atoms. The van der Waals surface area contributed by atoms with E-state index in [0.29, 0.717) is 0 Å². The van der Waals surface area contributed by atoms with E-state index in [0.717, 1.165) is 8.48 Å². The van der Waals surface area contributed by atoms with E-state index < -0.39 is 16.9 Å². The Morgan fingerprint density at radius 1 is 1.35 bits per heavy atom. The van der Waals surface area contributed by atoms with Crippen molar-refractivity contribution in [3.05, 3.63) is 39.3 Å². The van der Waals surface area contributed by atoms with Crippen molar-refractivity contribution in [2.24, 2.45) is 5.41 Å². The molecule has 1 N–H and O–H groups in total. The fraction of sp³-hybridized carbons (Fsp3) is 0.385. The van der Waals surface area contributed by atoms with Crippen molar-refractivity contribution in [1.82, 2.24) is 0 Å².